The van der Waals surface area contributed by atoms with Crippen LogP contribution in [0.4, 0.5) is 0 Å². The number of halogens is 1. The molecule has 7 atom stereocenters. The topological polar surface area (TPSA) is 87.1 Å². The fourth-order valence-electron chi connectivity index (χ4n) is 6.46. The number of esters is 1. The first-order chi connectivity index (χ1) is 18.2. The Morgan fingerprint density at radius 3 is 2.63 bits per heavy atom. The Bertz CT molecular complexity index is 885. The third-order valence-electron chi connectivity index (χ3n) is 8.07. The molecule has 3 heterocycles. The number of hydrogen-bond donors (Lipinski definition) is 1. The molecule has 9 heteroatoms. The van der Waals surface area contributed by atoms with Crippen molar-refractivity contribution in [3.8, 4) is 0 Å². The number of aliphatic hydroxyl groups excluding tert-OH is 1. The number of unbranched alkanes of at least 4 members (excludes halogenated alkanes) is 3. The fourth-order valence-corrected chi connectivity index (χ4v) is 10.0. The van der Waals surface area contributed by atoms with E-state index in [0.717, 1.165) is 32.1 Å². The predicted octanol–water partition coefficient (Wildman–Crippen LogP) is 4.57. The van der Waals surface area contributed by atoms with E-state index < -0.39 is 28.7 Å². The van der Waals surface area contributed by atoms with Crippen LogP contribution < -0.4 is 0 Å². The van der Waals surface area contributed by atoms with Gasteiger partial charge >= 0.3 is 5.97 Å². The molecule has 0 radical (unpaired) electrons. The number of thioether (sulfide) groups is 1. The standard InChI is InChI=1S/C29H45BrN2O5S/c1-6-9-11-12-15-37-28(36)22-23-26(34)32(20(18-33)16-19(4)5)25(29(23)17-21(30)24(22)38-29)27(35)31(13-8-3)14-10-7-2/h6,8,19-25,33H,1,3,7,9-18H2,2,4-5H3/t20-,21?,22+,23+,24+,25?,29?/m1/s1. The first-order valence-corrected chi connectivity index (χ1v) is 15.9. The van der Waals surface area contributed by atoms with Gasteiger partial charge in [0.15, 0.2) is 0 Å². The Labute approximate surface area is 240 Å². The monoisotopic (exact) mass is 612 g/mol. The van der Waals surface area contributed by atoms with Gasteiger partial charge in [0.25, 0.3) is 0 Å². The SMILES string of the molecule is C=CCCCCOC(=O)[C@H]1[C@H]2C(=O)N([C@@H](CO)CC(C)C)C(C(=O)N(CC=C)CCCC)C23CC(Br)[C@@H]1S3. The summed E-state index contributed by atoms with van der Waals surface area (Å²) in [6.45, 7) is 14.8. The lowest BCUT2D eigenvalue weighted by atomic mass is 9.71. The Balaban J connectivity index is 2.00. The van der Waals surface area contributed by atoms with Crippen molar-refractivity contribution in [2.24, 2.45) is 17.8 Å². The molecule has 3 aliphatic rings. The van der Waals surface area contributed by atoms with E-state index in [0.29, 0.717) is 32.5 Å². The van der Waals surface area contributed by atoms with Gasteiger partial charge in [0.1, 0.15) is 6.04 Å². The number of fused-ring (bicyclic) bond motifs is 1. The molecule has 2 bridgehead atoms. The highest BCUT2D eigenvalue weighted by atomic mass is 79.9. The molecule has 3 aliphatic heterocycles. The van der Waals surface area contributed by atoms with Crippen molar-refractivity contribution < 1.29 is 24.2 Å². The lowest BCUT2D eigenvalue weighted by molar-refractivity contribution is -0.154. The Hall–Kier alpha value is -1.32. The summed E-state index contributed by atoms with van der Waals surface area (Å²) in [4.78, 5) is 45.5. The number of ether oxygens (including phenoxy) is 1. The molecule has 0 aromatic carbocycles. The van der Waals surface area contributed by atoms with Crippen LogP contribution in [0.25, 0.3) is 0 Å². The van der Waals surface area contributed by atoms with Crippen LogP contribution in [0.15, 0.2) is 25.3 Å². The molecule has 214 valence electrons. The summed E-state index contributed by atoms with van der Waals surface area (Å²) in [6, 6.07) is -1.23. The Kier molecular flexibility index (Phi) is 11.4. The van der Waals surface area contributed by atoms with Gasteiger partial charge in [-0.3, -0.25) is 14.4 Å². The second-order valence-corrected chi connectivity index (χ2v) is 14.0. The van der Waals surface area contributed by atoms with Crippen LogP contribution in [0.1, 0.15) is 65.7 Å². The number of likely N-dealkylation sites (tertiary alicyclic amines) is 1. The van der Waals surface area contributed by atoms with Crippen LogP contribution in [-0.4, -0.2) is 85.9 Å². The zero-order chi connectivity index (χ0) is 28.0. The van der Waals surface area contributed by atoms with Gasteiger partial charge in [0.05, 0.1) is 35.8 Å². The number of nitrogens with zero attached hydrogens (tertiary/aromatic N) is 2. The van der Waals surface area contributed by atoms with E-state index >= 15 is 0 Å². The summed E-state index contributed by atoms with van der Waals surface area (Å²) >= 11 is 5.41. The van der Waals surface area contributed by atoms with Crippen LogP contribution in [0, 0.1) is 17.8 Å². The first-order valence-electron chi connectivity index (χ1n) is 14.1. The molecule has 3 rings (SSSR count). The summed E-state index contributed by atoms with van der Waals surface area (Å²) in [7, 11) is 0. The van der Waals surface area contributed by atoms with Gasteiger partial charge in [0, 0.05) is 23.2 Å². The molecule has 0 aliphatic carbocycles. The smallest absolute Gasteiger partial charge is 0.310 e. The predicted molar refractivity (Wildman–Crippen MR) is 156 cm³/mol. The van der Waals surface area contributed by atoms with E-state index in [2.05, 4.69) is 36.0 Å². The van der Waals surface area contributed by atoms with E-state index in [4.69, 9.17) is 4.74 Å². The van der Waals surface area contributed by atoms with Gasteiger partial charge in [-0.05, 0) is 44.4 Å². The van der Waals surface area contributed by atoms with Gasteiger partial charge in [-0.15, -0.1) is 24.9 Å². The van der Waals surface area contributed by atoms with Crippen LogP contribution >= 0.6 is 27.7 Å². The molecule has 7 nitrogen and oxygen atoms in total. The largest absolute Gasteiger partial charge is 0.465 e. The molecule has 3 unspecified atom stereocenters. The lowest BCUT2D eigenvalue weighted by Crippen LogP contribution is -2.58. The number of rotatable bonds is 16. The molecule has 38 heavy (non-hydrogen) atoms. The minimum atomic E-state index is -0.742. The lowest BCUT2D eigenvalue weighted by Gasteiger charge is -2.40. The van der Waals surface area contributed by atoms with Crippen LogP contribution in [-0.2, 0) is 19.1 Å². The van der Waals surface area contributed by atoms with Gasteiger partial charge in [-0.25, -0.2) is 0 Å². The summed E-state index contributed by atoms with van der Waals surface area (Å²) in [5.74, 6) is -1.69. The maximum atomic E-state index is 14.3. The molecular formula is C29H45BrN2O5S. The Morgan fingerprint density at radius 2 is 2.03 bits per heavy atom. The van der Waals surface area contributed by atoms with Crippen molar-refractivity contribution in [1.82, 2.24) is 9.80 Å². The average Bonchev–Trinajstić information content (AvgIpc) is 3.47. The van der Waals surface area contributed by atoms with Gasteiger partial charge in [0.2, 0.25) is 11.8 Å². The summed E-state index contributed by atoms with van der Waals surface area (Å²) in [5, 5.41) is 10.3. The minimum absolute atomic E-state index is 0.00807. The fraction of sp³-hybridized carbons (Fsp3) is 0.759. The van der Waals surface area contributed by atoms with Crippen molar-refractivity contribution in [3.05, 3.63) is 25.3 Å². The molecule has 3 saturated heterocycles. The van der Waals surface area contributed by atoms with Gasteiger partial charge in [-0.2, -0.15) is 0 Å². The molecule has 3 fully saturated rings. The van der Waals surface area contributed by atoms with Crippen LogP contribution in [0.3, 0.4) is 0 Å². The number of aliphatic hydroxyl groups is 1. The summed E-state index contributed by atoms with van der Waals surface area (Å²) in [6.07, 6.45) is 9.05. The van der Waals surface area contributed by atoms with Gasteiger partial charge < -0.3 is 19.6 Å². The maximum absolute atomic E-state index is 14.3. The van der Waals surface area contributed by atoms with Crippen molar-refractivity contribution in [3.63, 3.8) is 0 Å². The highest BCUT2D eigenvalue weighted by molar-refractivity contribution is 9.09. The third kappa shape index (κ3) is 6.04. The number of hydrogen-bond acceptors (Lipinski definition) is 6. The number of alkyl halides is 1. The molecule has 1 spiro atoms. The maximum Gasteiger partial charge on any atom is 0.310 e. The van der Waals surface area contributed by atoms with Crippen LogP contribution in [0.5, 0.6) is 0 Å². The zero-order valence-corrected chi connectivity index (χ0v) is 25.6. The number of carbonyl (C=O) groups excluding carboxylic acids is 3. The van der Waals surface area contributed by atoms with E-state index in [1.165, 1.54) is 0 Å². The van der Waals surface area contributed by atoms with E-state index in [9.17, 15) is 19.5 Å². The van der Waals surface area contributed by atoms with Crippen LogP contribution in [0.2, 0.25) is 0 Å². The average molecular weight is 614 g/mol. The second kappa shape index (κ2) is 13.8. The first kappa shape index (κ1) is 31.2. The van der Waals surface area contributed by atoms with Crippen molar-refractivity contribution in [2.45, 2.75) is 92.6 Å². The number of allylic oxidation sites excluding steroid dienone is 1. The van der Waals surface area contributed by atoms with E-state index in [1.54, 1.807) is 27.6 Å². The highest BCUT2D eigenvalue weighted by Gasteiger charge is 2.76. The second-order valence-electron chi connectivity index (χ2n) is 11.3. The van der Waals surface area contributed by atoms with Crippen molar-refractivity contribution in [1.29, 1.82) is 0 Å². The van der Waals surface area contributed by atoms with Crippen molar-refractivity contribution in [2.75, 3.05) is 26.3 Å². The zero-order valence-electron chi connectivity index (χ0n) is 23.1. The normalized spacial score (nSPS) is 30.4. The highest BCUT2D eigenvalue weighted by Crippen LogP contribution is 2.68. The molecule has 0 aromatic rings. The van der Waals surface area contributed by atoms with Crippen molar-refractivity contribution >= 4 is 45.5 Å². The molecule has 0 saturated carbocycles. The Morgan fingerprint density at radius 1 is 1.29 bits per heavy atom. The van der Waals surface area contributed by atoms with E-state index in [1.807, 2.05) is 19.9 Å². The quantitative estimate of drug-likeness (QED) is 0.119. The summed E-state index contributed by atoms with van der Waals surface area (Å²) < 4.78 is 4.97. The molecule has 1 N–H and O–H groups in total. The molecular weight excluding hydrogens is 568 g/mol. The number of amides is 2. The minimum Gasteiger partial charge on any atom is -0.465 e. The summed E-state index contributed by atoms with van der Waals surface area (Å²) in [5.41, 5.74) is 0. The van der Waals surface area contributed by atoms with Gasteiger partial charge in [-0.1, -0.05) is 55.3 Å². The molecule has 2 amide bonds. The number of carbonyl (C=O) groups is 3. The van der Waals surface area contributed by atoms with E-state index in [-0.39, 0.29) is 40.4 Å². The molecule has 0 aromatic heterocycles. The third-order valence-corrected chi connectivity index (χ3v) is 11.3.